The van der Waals surface area contributed by atoms with Crippen molar-refractivity contribution in [2.45, 2.75) is 24.2 Å². The van der Waals surface area contributed by atoms with E-state index in [4.69, 9.17) is 5.11 Å². The fraction of sp³-hybridized carbons (Fsp3) is 0.286. The summed E-state index contributed by atoms with van der Waals surface area (Å²) in [5.41, 5.74) is 1.64. The van der Waals surface area contributed by atoms with E-state index in [1.165, 1.54) is 11.8 Å². The van der Waals surface area contributed by atoms with E-state index in [9.17, 15) is 14.4 Å². The summed E-state index contributed by atoms with van der Waals surface area (Å²) in [5.74, 6) is -0.811. The summed E-state index contributed by atoms with van der Waals surface area (Å²) in [5, 5.41) is 11.7. The first-order valence-electron chi connectivity index (χ1n) is 9.14. The van der Waals surface area contributed by atoms with Crippen molar-refractivity contribution in [2.75, 3.05) is 24.2 Å². The maximum atomic E-state index is 12.7. The molecule has 146 valence electrons. The monoisotopic (exact) mass is 398 g/mol. The van der Waals surface area contributed by atoms with Crippen molar-refractivity contribution < 1.29 is 19.5 Å². The van der Waals surface area contributed by atoms with Crippen LogP contribution in [0.4, 0.5) is 5.69 Å². The molecule has 1 fully saturated rings. The van der Waals surface area contributed by atoms with Crippen LogP contribution in [0.1, 0.15) is 28.8 Å². The number of carboxylic acids is 1. The van der Waals surface area contributed by atoms with Gasteiger partial charge in [0.15, 0.2) is 0 Å². The Labute approximate surface area is 167 Å². The Kier molecular flexibility index (Phi) is 6.71. The molecule has 1 aliphatic heterocycles. The number of carbonyl (C=O) groups excluding carboxylic acids is 2. The minimum Gasteiger partial charge on any atom is -0.481 e. The van der Waals surface area contributed by atoms with Crippen LogP contribution in [0.15, 0.2) is 53.4 Å². The normalized spacial score (nSPS) is 13.4. The summed E-state index contributed by atoms with van der Waals surface area (Å²) in [7, 11) is 0. The van der Waals surface area contributed by atoms with E-state index >= 15 is 0 Å². The number of nitrogens with zero attached hydrogens (tertiary/aromatic N) is 1. The molecular weight excluding hydrogens is 376 g/mol. The maximum Gasteiger partial charge on any atom is 0.307 e. The van der Waals surface area contributed by atoms with E-state index in [0.29, 0.717) is 22.6 Å². The molecule has 1 heterocycles. The number of likely N-dealkylation sites (tertiary alicyclic amines) is 1. The lowest BCUT2D eigenvalue weighted by atomic mass is 10.1. The van der Waals surface area contributed by atoms with Gasteiger partial charge in [-0.05, 0) is 42.7 Å². The summed E-state index contributed by atoms with van der Waals surface area (Å²) >= 11 is 1.36. The number of anilines is 1. The van der Waals surface area contributed by atoms with Crippen molar-refractivity contribution in [3.63, 3.8) is 0 Å². The molecule has 0 aromatic heterocycles. The molecule has 1 aliphatic rings. The van der Waals surface area contributed by atoms with E-state index in [-0.39, 0.29) is 18.2 Å². The van der Waals surface area contributed by atoms with Gasteiger partial charge < -0.3 is 15.3 Å². The molecule has 0 spiro atoms. The Morgan fingerprint density at radius 2 is 1.79 bits per heavy atom. The maximum absolute atomic E-state index is 12.7. The Balaban J connectivity index is 1.67. The molecule has 0 unspecified atom stereocenters. The predicted octanol–water partition coefficient (Wildman–Crippen LogP) is 3.28. The number of hydrogen-bond donors (Lipinski definition) is 2. The van der Waals surface area contributed by atoms with Crippen LogP contribution in [0.3, 0.4) is 0 Å². The smallest absolute Gasteiger partial charge is 0.307 e. The van der Waals surface area contributed by atoms with Gasteiger partial charge in [0.25, 0.3) is 5.91 Å². The molecule has 6 nitrogen and oxygen atoms in total. The minimum absolute atomic E-state index is 0.0964. The third-order valence-electron chi connectivity index (χ3n) is 4.48. The van der Waals surface area contributed by atoms with Gasteiger partial charge in [0.2, 0.25) is 5.91 Å². The topological polar surface area (TPSA) is 86.7 Å². The van der Waals surface area contributed by atoms with Crippen LogP contribution < -0.4 is 5.32 Å². The van der Waals surface area contributed by atoms with Crippen molar-refractivity contribution in [1.29, 1.82) is 0 Å². The highest BCUT2D eigenvalue weighted by Gasteiger charge is 2.19. The molecule has 3 rings (SSSR count). The number of amides is 2. The highest BCUT2D eigenvalue weighted by Crippen LogP contribution is 2.25. The summed E-state index contributed by atoms with van der Waals surface area (Å²) in [4.78, 5) is 38.5. The molecule has 0 radical (unpaired) electrons. The van der Waals surface area contributed by atoms with E-state index in [1.54, 1.807) is 36.4 Å². The lowest BCUT2D eigenvalue weighted by molar-refractivity contribution is -0.136. The first kappa shape index (κ1) is 19.9. The quantitative estimate of drug-likeness (QED) is 0.699. The number of rotatable bonds is 7. The SMILES string of the molecule is O=C(O)Cc1cccc(NC(=O)c2ccccc2SCC(=O)N2CCCC2)c1. The highest BCUT2D eigenvalue weighted by molar-refractivity contribution is 8.00. The second-order valence-corrected chi connectivity index (χ2v) is 7.61. The van der Waals surface area contributed by atoms with Gasteiger partial charge in [0, 0.05) is 23.7 Å². The van der Waals surface area contributed by atoms with Gasteiger partial charge in [0.1, 0.15) is 0 Å². The van der Waals surface area contributed by atoms with Crippen molar-refractivity contribution in [3.05, 3.63) is 59.7 Å². The average Bonchev–Trinajstić information content (AvgIpc) is 3.21. The zero-order valence-electron chi connectivity index (χ0n) is 15.4. The molecule has 2 amide bonds. The summed E-state index contributed by atoms with van der Waals surface area (Å²) < 4.78 is 0. The standard InChI is InChI=1S/C21H22N2O4S/c24-19(23-10-3-4-11-23)14-28-18-9-2-1-8-17(18)21(27)22-16-7-5-6-15(12-16)13-20(25)26/h1-2,5-9,12H,3-4,10-11,13-14H2,(H,22,27)(H,25,26). The molecule has 0 aliphatic carbocycles. The van der Waals surface area contributed by atoms with Crippen LogP contribution in [-0.4, -0.2) is 46.6 Å². The number of thioether (sulfide) groups is 1. The molecular formula is C21H22N2O4S. The van der Waals surface area contributed by atoms with E-state index in [2.05, 4.69) is 5.32 Å². The molecule has 7 heteroatoms. The molecule has 2 aromatic rings. The zero-order valence-corrected chi connectivity index (χ0v) is 16.2. The molecule has 0 atom stereocenters. The molecule has 2 N–H and O–H groups in total. The highest BCUT2D eigenvalue weighted by atomic mass is 32.2. The number of hydrogen-bond acceptors (Lipinski definition) is 4. The molecule has 0 saturated carbocycles. The number of carbonyl (C=O) groups is 3. The molecule has 1 saturated heterocycles. The third-order valence-corrected chi connectivity index (χ3v) is 5.54. The lowest BCUT2D eigenvalue weighted by Gasteiger charge is -2.15. The number of carboxylic acid groups (broad SMARTS) is 1. The van der Waals surface area contributed by atoms with Gasteiger partial charge in [-0.2, -0.15) is 0 Å². The van der Waals surface area contributed by atoms with Gasteiger partial charge in [-0.25, -0.2) is 0 Å². The van der Waals surface area contributed by atoms with Crippen molar-refractivity contribution in [1.82, 2.24) is 4.90 Å². The second kappa shape index (κ2) is 9.41. The Morgan fingerprint density at radius 3 is 2.54 bits per heavy atom. The molecule has 28 heavy (non-hydrogen) atoms. The van der Waals surface area contributed by atoms with Crippen LogP contribution in [0.25, 0.3) is 0 Å². The molecule has 2 aromatic carbocycles. The third kappa shape index (κ3) is 5.36. The van der Waals surface area contributed by atoms with Crippen molar-refractivity contribution in [3.8, 4) is 0 Å². The lowest BCUT2D eigenvalue weighted by Crippen LogP contribution is -2.29. The van der Waals surface area contributed by atoms with Crippen molar-refractivity contribution in [2.24, 2.45) is 0 Å². The van der Waals surface area contributed by atoms with Crippen molar-refractivity contribution >= 4 is 35.2 Å². The Bertz CT molecular complexity index is 878. The predicted molar refractivity (Wildman–Crippen MR) is 109 cm³/mol. The van der Waals surface area contributed by atoms with Crippen LogP contribution in [0.5, 0.6) is 0 Å². The number of aliphatic carboxylic acids is 1. The van der Waals surface area contributed by atoms with Crippen LogP contribution >= 0.6 is 11.8 Å². The van der Waals surface area contributed by atoms with Gasteiger partial charge in [-0.3, -0.25) is 14.4 Å². The first-order valence-corrected chi connectivity index (χ1v) is 10.1. The van der Waals surface area contributed by atoms with E-state index < -0.39 is 5.97 Å². The van der Waals surface area contributed by atoms with Gasteiger partial charge in [-0.15, -0.1) is 11.8 Å². The minimum atomic E-state index is -0.923. The zero-order chi connectivity index (χ0) is 19.9. The first-order chi connectivity index (χ1) is 13.5. The second-order valence-electron chi connectivity index (χ2n) is 6.60. The Hall–Kier alpha value is -2.80. The number of nitrogens with one attached hydrogen (secondary N) is 1. The fourth-order valence-electron chi connectivity index (χ4n) is 3.11. The van der Waals surface area contributed by atoms with Gasteiger partial charge in [-0.1, -0.05) is 24.3 Å². The van der Waals surface area contributed by atoms with Gasteiger partial charge in [0.05, 0.1) is 17.7 Å². The van der Waals surface area contributed by atoms with Crippen LogP contribution in [-0.2, 0) is 16.0 Å². The number of benzene rings is 2. The largest absolute Gasteiger partial charge is 0.481 e. The summed E-state index contributed by atoms with van der Waals surface area (Å²) in [6, 6.07) is 14.0. The summed E-state index contributed by atoms with van der Waals surface area (Å²) in [6.07, 6.45) is 2.00. The van der Waals surface area contributed by atoms with E-state index in [0.717, 1.165) is 30.8 Å². The van der Waals surface area contributed by atoms with Gasteiger partial charge >= 0.3 is 5.97 Å². The Morgan fingerprint density at radius 1 is 1.04 bits per heavy atom. The van der Waals surface area contributed by atoms with E-state index in [1.807, 2.05) is 17.0 Å². The van der Waals surface area contributed by atoms with Crippen LogP contribution in [0.2, 0.25) is 0 Å². The fourth-order valence-corrected chi connectivity index (χ4v) is 4.06. The molecule has 0 bridgehead atoms. The van der Waals surface area contributed by atoms with Crippen LogP contribution in [0, 0.1) is 0 Å². The average molecular weight is 398 g/mol. The summed E-state index contributed by atoms with van der Waals surface area (Å²) in [6.45, 7) is 1.63.